The quantitative estimate of drug-likeness (QED) is 0.596. The van der Waals surface area contributed by atoms with E-state index in [2.05, 4.69) is 10.3 Å². The number of aliphatic hydroxyl groups excluding tert-OH is 1. The van der Waals surface area contributed by atoms with Gasteiger partial charge in [0.1, 0.15) is 11.3 Å². The van der Waals surface area contributed by atoms with Crippen LogP contribution in [0.25, 0.3) is 0 Å². The largest absolute Gasteiger partial charge is 0.393 e. The number of aromatic amines is 1. The van der Waals surface area contributed by atoms with Crippen molar-refractivity contribution in [3.63, 3.8) is 0 Å². The van der Waals surface area contributed by atoms with Crippen molar-refractivity contribution in [3.05, 3.63) is 23.0 Å². The van der Waals surface area contributed by atoms with Gasteiger partial charge in [-0.2, -0.15) is 0 Å². The minimum absolute atomic E-state index is 0.0288. The van der Waals surface area contributed by atoms with Gasteiger partial charge in [0.05, 0.1) is 11.6 Å². The number of amides is 1. The molecule has 84 valence electrons. The Morgan fingerprint density at radius 2 is 2.40 bits per heavy atom. The molecule has 1 aromatic heterocycles. The number of carbonyl (C=O) groups is 1. The van der Waals surface area contributed by atoms with E-state index < -0.39 is 12.2 Å². The van der Waals surface area contributed by atoms with Gasteiger partial charge in [-0.15, -0.1) is 0 Å². The molecule has 1 heterocycles. The maximum absolute atomic E-state index is 11.4. The highest BCUT2D eigenvalue weighted by Crippen LogP contribution is 2.09. The molecule has 15 heavy (non-hydrogen) atoms. The molecule has 0 aliphatic heterocycles. The van der Waals surface area contributed by atoms with E-state index >= 15 is 0 Å². The second kappa shape index (κ2) is 4.65. The first kappa shape index (κ1) is 12.0. The average molecular weight is 233 g/mol. The maximum Gasteiger partial charge on any atom is 0.267 e. The van der Waals surface area contributed by atoms with E-state index in [1.807, 2.05) is 0 Å². The summed E-state index contributed by atoms with van der Waals surface area (Å²) in [4.78, 5) is 14.1. The number of hydrogen-bond donors (Lipinski definition) is 4. The van der Waals surface area contributed by atoms with E-state index in [4.69, 9.17) is 16.7 Å². The van der Waals surface area contributed by atoms with Gasteiger partial charge >= 0.3 is 0 Å². The van der Waals surface area contributed by atoms with Gasteiger partial charge in [-0.25, -0.2) is 0 Å². The van der Waals surface area contributed by atoms with Crippen molar-refractivity contribution < 1.29 is 15.0 Å². The highest BCUT2D eigenvalue weighted by Gasteiger charge is 2.20. The Kier molecular flexibility index (Phi) is 3.73. The molecule has 0 bridgehead atoms. The molecule has 1 aromatic rings. The number of H-pyrrole nitrogens is 1. The summed E-state index contributed by atoms with van der Waals surface area (Å²) < 4.78 is 0. The predicted octanol–water partition coefficient (Wildman–Crippen LogP) is 0.141. The van der Waals surface area contributed by atoms with Gasteiger partial charge in [0, 0.05) is 12.7 Å². The third kappa shape index (κ3) is 3.54. The van der Waals surface area contributed by atoms with Crippen LogP contribution in [0.15, 0.2) is 12.3 Å². The van der Waals surface area contributed by atoms with Crippen molar-refractivity contribution >= 4 is 17.5 Å². The number of halogens is 1. The van der Waals surface area contributed by atoms with Crippen molar-refractivity contribution in [2.75, 3.05) is 13.2 Å². The molecule has 0 spiro atoms. The fraction of sp³-hybridized carbons (Fsp3) is 0.444. The lowest BCUT2D eigenvalue weighted by atomic mass is 10.1. The van der Waals surface area contributed by atoms with E-state index in [0.29, 0.717) is 10.7 Å². The van der Waals surface area contributed by atoms with Crippen molar-refractivity contribution in [2.45, 2.75) is 12.5 Å². The maximum atomic E-state index is 11.4. The number of nitrogens with one attached hydrogen (secondary N) is 2. The first-order chi connectivity index (χ1) is 6.94. The second-order valence-corrected chi connectivity index (χ2v) is 4.01. The number of carbonyl (C=O) groups excluding carboxylic acids is 1. The van der Waals surface area contributed by atoms with Crippen LogP contribution in [0.3, 0.4) is 0 Å². The van der Waals surface area contributed by atoms with E-state index in [1.54, 1.807) is 0 Å². The van der Waals surface area contributed by atoms with Gasteiger partial charge < -0.3 is 20.5 Å². The fourth-order valence-electron chi connectivity index (χ4n) is 0.921. The van der Waals surface area contributed by atoms with Gasteiger partial charge in [0.25, 0.3) is 5.91 Å². The zero-order valence-electron chi connectivity index (χ0n) is 8.25. The molecule has 4 N–H and O–H groups in total. The monoisotopic (exact) mass is 232 g/mol. The number of rotatable bonds is 4. The Bertz CT molecular complexity index is 349. The summed E-state index contributed by atoms with van der Waals surface area (Å²) in [5.74, 6) is -0.379. The summed E-state index contributed by atoms with van der Waals surface area (Å²) in [5.41, 5.74) is -1.000. The van der Waals surface area contributed by atoms with Crippen LogP contribution >= 0.6 is 11.6 Å². The smallest absolute Gasteiger partial charge is 0.267 e. The molecule has 1 unspecified atom stereocenters. The van der Waals surface area contributed by atoms with Crippen molar-refractivity contribution in [3.8, 4) is 0 Å². The van der Waals surface area contributed by atoms with E-state index in [1.165, 1.54) is 19.2 Å². The van der Waals surface area contributed by atoms with Gasteiger partial charge in [-0.3, -0.25) is 4.79 Å². The Balaban J connectivity index is 2.50. The van der Waals surface area contributed by atoms with Crippen LogP contribution in [-0.2, 0) is 0 Å². The molecule has 0 fully saturated rings. The standard InChI is InChI=1S/C9H13ClN2O3/c1-9(15,5-13)4-12-8(14)7-2-6(10)3-11-7/h2-3,11,13,15H,4-5H2,1H3,(H,12,14). The van der Waals surface area contributed by atoms with Crippen LogP contribution in [0, 0.1) is 0 Å². The minimum Gasteiger partial charge on any atom is -0.393 e. The SMILES string of the molecule is CC(O)(CO)CNC(=O)c1cc(Cl)c[nH]1. The Labute approximate surface area is 92.1 Å². The van der Waals surface area contributed by atoms with Gasteiger partial charge in [-0.1, -0.05) is 11.6 Å². The third-order valence-corrected chi connectivity index (χ3v) is 2.08. The lowest BCUT2D eigenvalue weighted by Gasteiger charge is -2.20. The normalized spacial score (nSPS) is 14.7. The second-order valence-electron chi connectivity index (χ2n) is 3.57. The predicted molar refractivity (Wildman–Crippen MR) is 55.8 cm³/mol. The van der Waals surface area contributed by atoms with E-state index in [0.717, 1.165) is 0 Å². The number of hydrogen-bond acceptors (Lipinski definition) is 3. The summed E-state index contributed by atoms with van der Waals surface area (Å²) in [6.45, 7) is 0.979. The minimum atomic E-state index is -1.31. The zero-order valence-corrected chi connectivity index (χ0v) is 9.01. The molecule has 6 heteroatoms. The molecule has 0 aliphatic carbocycles. The Morgan fingerprint density at radius 1 is 1.73 bits per heavy atom. The molecule has 0 aromatic carbocycles. The molecule has 0 aliphatic rings. The fourth-order valence-corrected chi connectivity index (χ4v) is 1.08. The van der Waals surface area contributed by atoms with Crippen LogP contribution in [0.2, 0.25) is 5.02 Å². The average Bonchev–Trinajstić information content (AvgIpc) is 2.61. The first-order valence-electron chi connectivity index (χ1n) is 4.40. The first-order valence-corrected chi connectivity index (χ1v) is 4.78. The molecule has 0 saturated carbocycles. The van der Waals surface area contributed by atoms with Crippen LogP contribution in [0.4, 0.5) is 0 Å². The highest BCUT2D eigenvalue weighted by atomic mass is 35.5. The van der Waals surface area contributed by atoms with Crippen molar-refractivity contribution in [2.24, 2.45) is 0 Å². The zero-order chi connectivity index (χ0) is 11.5. The van der Waals surface area contributed by atoms with Crippen molar-refractivity contribution in [1.29, 1.82) is 0 Å². The lowest BCUT2D eigenvalue weighted by Crippen LogP contribution is -2.43. The molecular formula is C9H13ClN2O3. The van der Waals surface area contributed by atoms with Gasteiger partial charge in [0.2, 0.25) is 0 Å². The van der Waals surface area contributed by atoms with Gasteiger partial charge in [-0.05, 0) is 13.0 Å². The molecule has 0 saturated heterocycles. The van der Waals surface area contributed by atoms with Crippen molar-refractivity contribution in [1.82, 2.24) is 10.3 Å². The van der Waals surface area contributed by atoms with E-state index in [-0.39, 0.29) is 12.5 Å². The molecule has 1 amide bonds. The molecule has 0 radical (unpaired) electrons. The number of aromatic nitrogens is 1. The molecule has 5 nitrogen and oxygen atoms in total. The highest BCUT2D eigenvalue weighted by molar-refractivity contribution is 6.30. The third-order valence-electron chi connectivity index (χ3n) is 1.86. The summed E-state index contributed by atoms with van der Waals surface area (Å²) in [5, 5.41) is 21.1. The lowest BCUT2D eigenvalue weighted by molar-refractivity contribution is 0.00316. The molecule has 1 rings (SSSR count). The van der Waals surface area contributed by atoms with Crippen LogP contribution in [-0.4, -0.2) is 39.9 Å². The Hall–Kier alpha value is -1.04. The van der Waals surface area contributed by atoms with E-state index in [9.17, 15) is 9.90 Å². The van der Waals surface area contributed by atoms with Gasteiger partial charge in [0.15, 0.2) is 0 Å². The summed E-state index contributed by atoms with van der Waals surface area (Å²) in [6, 6.07) is 1.48. The summed E-state index contributed by atoms with van der Waals surface area (Å²) in [6.07, 6.45) is 1.49. The summed E-state index contributed by atoms with van der Waals surface area (Å²) >= 11 is 5.62. The molecular weight excluding hydrogens is 220 g/mol. The van der Waals surface area contributed by atoms with Crippen LogP contribution < -0.4 is 5.32 Å². The van der Waals surface area contributed by atoms with Crippen LogP contribution in [0.1, 0.15) is 17.4 Å². The number of aliphatic hydroxyl groups is 2. The Morgan fingerprint density at radius 3 is 2.87 bits per heavy atom. The summed E-state index contributed by atoms with van der Waals surface area (Å²) in [7, 11) is 0. The molecule has 1 atom stereocenters. The van der Waals surface area contributed by atoms with Crippen LogP contribution in [0.5, 0.6) is 0 Å². The topological polar surface area (TPSA) is 85.3 Å².